The van der Waals surface area contributed by atoms with E-state index >= 15 is 0 Å². The van der Waals surface area contributed by atoms with Crippen LogP contribution in [-0.4, -0.2) is 25.5 Å². The van der Waals surface area contributed by atoms with Crippen molar-refractivity contribution in [1.29, 1.82) is 0 Å². The second kappa shape index (κ2) is 5.53. The number of carbonyl (C=O) groups excluding carboxylic acids is 2. The van der Waals surface area contributed by atoms with Crippen molar-refractivity contribution in [2.75, 3.05) is 0 Å². The molecule has 1 rings (SSSR count). The molecule has 0 fully saturated rings. The number of hydrogen-bond donors (Lipinski definition) is 0. The Balaban J connectivity index is 0.00000196. The minimum atomic E-state index is -4.59. The van der Waals surface area contributed by atoms with E-state index in [-0.39, 0.29) is 40.7 Å². The summed E-state index contributed by atoms with van der Waals surface area (Å²) in [5, 5.41) is 0. The third kappa shape index (κ3) is 3.51. The van der Waals surface area contributed by atoms with Crippen molar-refractivity contribution in [1.82, 2.24) is 0 Å². The smallest absolute Gasteiger partial charge is 0.744 e. The Hall–Kier alpha value is -0.530. The van der Waals surface area contributed by atoms with Crippen molar-refractivity contribution >= 4 is 22.7 Å². The Bertz CT molecular complexity index is 480. The van der Waals surface area contributed by atoms with E-state index in [4.69, 9.17) is 0 Å². The molecule has 1 aromatic rings. The van der Waals surface area contributed by atoms with Crippen molar-refractivity contribution < 1.29 is 52.1 Å². The number of rotatable bonds is 3. The quantitative estimate of drug-likeness (QED) is 0.321. The summed E-state index contributed by atoms with van der Waals surface area (Å²) in [4.78, 5) is 20.2. The van der Waals surface area contributed by atoms with E-state index in [1.165, 1.54) is 0 Å². The predicted octanol–water partition coefficient (Wildman–Crippen LogP) is -2.78. The van der Waals surface area contributed by atoms with Gasteiger partial charge >= 0.3 is 29.6 Å². The van der Waals surface area contributed by atoms with Gasteiger partial charge in [-0.1, -0.05) is 0 Å². The molecule has 0 aliphatic carbocycles. The zero-order valence-electron chi connectivity index (χ0n) is 7.84. The molecule has 0 saturated carbocycles. The average molecular weight is 236 g/mol. The van der Waals surface area contributed by atoms with Crippen molar-refractivity contribution in [2.45, 2.75) is 4.90 Å². The number of carbonyl (C=O) groups is 2. The molecule has 0 spiro atoms. The van der Waals surface area contributed by atoms with Crippen LogP contribution in [0.2, 0.25) is 0 Å². The van der Waals surface area contributed by atoms with Gasteiger partial charge < -0.3 is 4.55 Å². The summed E-state index contributed by atoms with van der Waals surface area (Å²) < 4.78 is 31.6. The van der Waals surface area contributed by atoms with E-state index in [2.05, 4.69) is 0 Å². The Morgan fingerprint density at radius 2 is 1.60 bits per heavy atom. The first-order chi connectivity index (χ1) is 6.49. The summed E-state index contributed by atoms with van der Waals surface area (Å²) >= 11 is 0. The second-order valence-electron chi connectivity index (χ2n) is 2.48. The van der Waals surface area contributed by atoms with Gasteiger partial charge in [0.1, 0.15) is 10.1 Å². The summed E-state index contributed by atoms with van der Waals surface area (Å²) in [7, 11) is -4.59. The topological polar surface area (TPSA) is 91.3 Å². The van der Waals surface area contributed by atoms with E-state index in [1.54, 1.807) is 0 Å². The Kier molecular flexibility index (Phi) is 5.33. The number of aldehydes is 2. The predicted molar refractivity (Wildman–Crippen MR) is 45.2 cm³/mol. The van der Waals surface area contributed by atoms with Crippen molar-refractivity contribution in [3.63, 3.8) is 0 Å². The summed E-state index contributed by atoms with van der Waals surface area (Å²) in [6, 6.07) is 2.97. The van der Waals surface area contributed by atoms with Gasteiger partial charge in [0.15, 0.2) is 12.6 Å². The monoisotopic (exact) mass is 236 g/mol. The Morgan fingerprint density at radius 3 is 2.00 bits per heavy atom. The van der Waals surface area contributed by atoms with Crippen LogP contribution in [-0.2, 0) is 10.1 Å². The zero-order valence-corrected chi connectivity index (χ0v) is 10.7. The summed E-state index contributed by atoms with van der Waals surface area (Å²) in [5.74, 6) is 0. The Morgan fingerprint density at radius 1 is 1.07 bits per heavy atom. The van der Waals surface area contributed by atoms with Crippen LogP contribution in [0.25, 0.3) is 0 Å². The zero-order chi connectivity index (χ0) is 10.8. The molecule has 74 valence electrons. The molecule has 0 aliphatic rings. The first-order valence-electron chi connectivity index (χ1n) is 3.49. The van der Waals surface area contributed by atoms with E-state index in [0.717, 1.165) is 18.2 Å². The van der Waals surface area contributed by atoms with Gasteiger partial charge in [-0.3, -0.25) is 9.59 Å². The normalized spacial score (nSPS) is 10.2. The van der Waals surface area contributed by atoms with Crippen molar-refractivity contribution in [3.05, 3.63) is 29.3 Å². The van der Waals surface area contributed by atoms with Gasteiger partial charge in [-0.05, 0) is 18.2 Å². The molecule has 0 amide bonds. The van der Waals surface area contributed by atoms with Crippen molar-refractivity contribution in [3.8, 4) is 0 Å². The molecule has 5 nitrogen and oxygen atoms in total. The first-order valence-corrected chi connectivity index (χ1v) is 4.90. The maximum atomic E-state index is 10.5. The second-order valence-corrected chi connectivity index (χ2v) is 3.86. The molecule has 0 aliphatic heterocycles. The van der Waals surface area contributed by atoms with Crippen LogP contribution in [0.4, 0.5) is 0 Å². The third-order valence-corrected chi connectivity index (χ3v) is 2.43. The van der Waals surface area contributed by atoms with Gasteiger partial charge in [-0.2, -0.15) is 0 Å². The minimum absolute atomic E-state index is 0. The van der Waals surface area contributed by atoms with Crippen LogP contribution < -0.4 is 29.6 Å². The molecule has 7 heteroatoms. The van der Waals surface area contributed by atoms with Crippen LogP contribution in [0.15, 0.2) is 23.1 Å². The fraction of sp³-hybridized carbons (Fsp3) is 0. The molecule has 0 bridgehead atoms. The van der Waals surface area contributed by atoms with Gasteiger partial charge in [0.2, 0.25) is 0 Å². The standard InChI is InChI=1S/C8H6O5S.Na/c9-4-6-1-2-8(14(11,12)13)3-7(6)5-10;/h1-5H,(H,11,12,13);/q;+1/p-1. The fourth-order valence-electron chi connectivity index (χ4n) is 0.918. The van der Waals surface area contributed by atoms with Gasteiger partial charge in [0.25, 0.3) is 0 Å². The summed E-state index contributed by atoms with van der Waals surface area (Å²) in [6.07, 6.45) is 0.726. The third-order valence-electron chi connectivity index (χ3n) is 1.60. The molecule has 15 heavy (non-hydrogen) atoms. The van der Waals surface area contributed by atoms with Gasteiger partial charge in [-0.15, -0.1) is 0 Å². The van der Waals surface area contributed by atoms with E-state index < -0.39 is 15.0 Å². The maximum Gasteiger partial charge on any atom is 1.00 e. The molecule has 0 N–H and O–H groups in total. The molecule has 0 saturated heterocycles. The summed E-state index contributed by atoms with van der Waals surface area (Å²) in [6.45, 7) is 0. The van der Waals surface area contributed by atoms with E-state index in [1.807, 2.05) is 0 Å². The average Bonchev–Trinajstić information content (AvgIpc) is 2.15. The van der Waals surface area contributed by atoms with Crippen LogP contribution in [0, 0.1) is 0 Å². The SMILES string of the molecule is O=Cc1ccc(S(=O)(=O)[O-])cc1C=O.[Na+]. The van der Waals surface area contributed by atoms with Crippen LogP contribution >= 0.6 is 0 Å². The van der Waals surface area contributed by atoms with E-state index in [9.17, 15) is 22.6 Å². The molecular weight excluding hydrogens is 231 g/mol. The largest absolute Gasteiger partial charge is 1.00 e. The minimum Gasteiger partial charge on any atom is -0.744 e. The van der Waals surface area contributed by atoms with Gasteiger partial charge in [0.05, 0.1) is 4.90 Å². The van der Waals surface area contributed by atoms with Crippen LogP contribution in [0.1, 0.15) is 20.7 Å². The number of hydrogen-bond acceptors (Lipinski definition) is 5. The van der Waals surface area contributed by atoms with Crippen LogP contribution in [0.3, 0.4) is 0 Å². The Labute approximate surface area is 109 Å². The molecule has 1 aromatic carbocycles. The van der Waals surface area contributed by atoms with E-state index in [0.29, 0.717) is 12.6 Å². The van der Waals surface area contributed by atoms with Crippen molar-refractivity contribution in [2.24, 2.45) is 0 Å². The molecular formula is C8H5NaO5S. The molecule has 0 radical (unpaired) electrons. The van der Waals surface area contributed by atoms with Crippen LogP contribution in [0.5, 0.6) is 0 Å². The first kappa shape index (κ1) is 14.5. The summed E-state index contributed by atoms with van der Waals surface area (Å²) in [5.41, 5.74) is -0.0654. The fourth-order valence-corrected chi connectivity index (χ4v) is 1.42. The molecule has 0 atom stereocenters. The molecule has 0 aromatic heterocycles. The van der Waals surface area contributed by atoms with Gasteiger partial charge in [0, 0.05) is 11.1 Å². The molecule has 0 heterocycles. The van der Waals surface area contributed by atoms with Gasteiger partial charge in [-0.25, -0.2) is 8.42 Å². The maximum absolute atomic E-state index is 10.5. The number of benzene rings is 1. The molecule has 0 unspecified atom stereocenters.